The van der Waals surface area contributed by atoms with Gasteiger partial charge in [-0.3, -0.25) is 13.9 Å². The first-order valence-electron chi connectivity index (χ1n) is 6.22. The zero-order valence-electron chi connectivity index (χ0n) is 12.0. The Bertz CT molecular complexity index is 653. The molecule has 0 aliphatic carbocycles. The van der Waals surface area contributed by atoms with Gasteiger partial charge < -0.3 is 5.32 Å². The van der Waals surface area contributed by atoms with E-state index in [0.717, 1.165) is 10.6 Å². The summed E-state index contributed by atoms with van der Waals surface area (Å²) in [5.41, 5.74) is 0.659. The van der Waals surface area contributed by atoms with E-state index in [-0.39, 0.29) is 24.6 Å². The first kappa shape index (κ1) is 16.9. The quantitative estimate of drug-likeness (QED) is 0.600. The number of anilines is 1. The summed E-state index contributed by atoms with van der Waals surface area (Å²) in [7, 11) is -3.65. The fourth-order valence-electron chi connectivity index (χ4n) is 1.65. The maximum Gasteiger partial charge on any atom is 0.241 e. The number of carbonyl (C=O) groups is 2. The highest BCUT2D eigenvalue weighted by Crippen LogP contribution is 2.19. The molecule has 0 fully saturated rings. The number of hydrogen-bond donors (Lipinski definition) is 1. The van der Waals surface area contributed by atoms with Gasteiger partial charge in [0.25, 0.3) is 0 Å². The maximum atomic E-state index is 11.9. The third-order valence-corrected chi connectivity index (χ3v) is 3.81. The van der Waals surface area contributed by atoms with Crippen LogP contribution in [-0.4, -0.2) is 39.5 Å². The molecule has 0 spiro atoms. The van der Waals surface area contributed by atoms with E-state index < -0.39 is 15.9 Å². The van der Waals surface area contributed by atoms with Gasteiger partial charge in [-0.1, -0.05) is 18.2 Å². The third-order valence-electron chi connectivity index (χ3n) is 2.67. The molecule has 114 valence electrons. The van der Waals surface area contributed by atoms with Crippen LogP contribution in [0.3, 0.4) is 0 Å². The number of hydrogen-bond acceptors (Lipinski definition) is 4. The van der Waals surface area contributed by atoms with Crippen LogP contribution in [0, 0.1) is 0 Å². The van der Waals surface area contributed by atoms with Crippen LogP contribution in [0.1, 0.15) is 17.3 Å². The summed E-state index contributed by atoms with van der Waals surface area (Å²) in [6.07, 6.45) is 2.51. The van der Waals surface area contributed by atoms with Crippen LogP contribution in [0.25, 0.3) is 0 Å². The zero-order chi connectivity index (χ0) is 16.0. The van der Waals surface area contributed by atoms with Gasteiger partial charge in [0, 0.05) is 12.1 Å². The van der Waals surface area contributed by atoms with Crippen LogP contribution in [0.15, 0.2) is 36.9 Å². The lowest BCUT2D eigenvalue weighted by Gasteiger charge is -2.22. The van der Waals surface area contributed by atoms with Gasteiger partial charge in [0.05, 0.1) is 11.9 Å². The Morgan fingerprint density at radius 3 is 2.57 bits per heavy atom. The smallest absolute Gasteiger partial charge is 0.241 e. The molecule has 0 aliphatic rings. The van der Waals surface area contributed by atoms with Crippen molar-refractivity contribution in [3.8, 4) is 0 Å². The average molecular weight is 310 g/mol. The molecule has 7 heteroatoms. The highest BCUT2D eigenvalue weighted by atomic mass is 32.2. The maximum absolute atomic E-state index is 11.9. The standard InChI is InChI=1S/C14H18N2O4S/c1-4-8-15-14(18)10-16(21(3,19)20)13-7-5-6-12(9-13)11(2)17/h4-7,9H,1,8,10H2,2-3H3,(H,15,18). The van der Waals surface area contributed by atoms with Crippen LogP contribution in [-0.2, 0) is 14.8 Å². The first-order chi connectivity index (χ1) is 9.75. The molecule has 0 aliphatic heterocycles. The van der Waals surface area contributed by atoms with E-state index in [9.17, 15) is 18.0 Å². The summed E-state index contributed by atoms with van der Waals surface area (Å²) in [5, 5.41) is 2.51. The van der Waals surface area contributed by atoms with Gasteiger partial charge in [-0.15, -0.1) is 6.58 Å². The fraction of sp³-hybridized carbons (Fsp3) is 0.286. The van der Waals surface area contributed by atoms with Crippen molar-refractivity contribution in [2.75, 3.05) is 23.7 Å². The molecule has 1 N–H and O–H groups in total. The van der Waals surface area contributed by atoms with Crippen molar-refractivity contribution in [2.24, 2.45) is 0 Å². The molecule has 1 amide bonds. The highest BCUT2D eigenvalue weighted by molar-refractivity contribution is 7.92. The number of nitrogens with zero attached hydrogens (tertiary/aromatic N) is 1. The van der Waals surface area contributed by atoms with Crippen LogP contribution < -0.4 is 9.62 Å². The Labute approximate surface area is 124 Å². The number of rotatable bonds is 7. The second kappa shape index (κ2) is 7.03. The summed E-state index contributed by atoms with van der Waals surface area (Å²) < 4.78 is 24.7. The molecule has 0 bridgehead atoms. The number of carbonyl (C=O) groups excluding carboxylic acids is 2. The Hall–Kier alpha value is -2.15. The van der Waals surface area contributed by atoms with Gasteiger partial charge in [0.2, 0.25) is 15.9 Å². The zero-order valence-corrected chi connectivity index (χ0v) is 12.8. The molecule has 0 aromatic heterocycles. The summed E-state index contributed by atoms with van der Waals surface area (Å²) in [6.45, 7) is 4.76. The molecule has 0 atom stereocenters. The largest absolute Gasteiger partial charge is 0.351 e. The van der Waals surface area contributed by atoms with Gasteiger partial charge in [-0.2, -0.15) is 0 Å². The van der Waals surface area contributed by atoms with E-state index in [1.165, 1.54) is 25.1 Å². The predicted molar refractivity (Wildman–Crippen MR) is 81.8 cm³/mol. The predicted octanol–water partition coefficient (Wildman–Crippen LogP) is 0.957. The Balaban J connectivity index is 3.09. The summed E-state index contributed by atoms with van der Waals surface area (Å²) >= 11 is 0. The molecular weight excluding hydrogens is 292 g/mol. The number of Topliss-reactive ketones (excluding diaryl/α,β-unsaturated/α-hetero) is 1. The van der Waals surface area contributed by atoms with Gasteiger partial charge in [-0.05, 0) is 19.1 Å². The molecule has 1 aromatic rings. The summed E-state index contributed by atoms with van der Waals surface area (Å²) in [5.74, 6) is -0.630. The minimum atomic E-state index is -3.65. The summed E-state index contributed by atoms with van der Waals surface area (Å²) in [6, 6.07) is 6.15. The molecule has 1 aromatic carbocycles. The third kappa shape index (κ3) is 5.03. The second-order valence-electron chi connectivity index (χ2n) is 4.47. The Kier molecular flexibility index (Phi) is 5.66. The van der Waals surface area contributed by atoms with Crippen molar-refractivity contribution in [3.05, 3.63) is 42.5 Å². The van der Waals surface area contributed by atoms with Crippen LogP contribution >= 0.6 is 0 Å². The molecule has 0 radical (unpaired) electrons. The molecule has 0 saturated carbocycles. The first-order valence-corrected chi connectivity index (χ1v) is 8.07. The van der Waals surface area contributed by atoms with E-state index in [1.54, 1.807) is 12.1 Å². The number of amides is 1. The van der Waals surface area contributed by atoms with Crippen LogP contribution in [0.5, 0.6) is 0 Å². The lowest BCUT2D eigenvalue weighted by molar-refractivity contribution is -0.119. The molecule has 0 heterocycles. The Morgan fingerprint density at radius 1 is 1.38 bits per heavy atom. The van der Waals surface area contributed by atoms with Crippen molar-refractivity contribution in [1.82, 2.24) is 5.32 Å². The summed E-state index contributed by atoms with van der Waals surface area (Å²) in [4.78, 5) is 23.1. The van der Waals surface area contributed by atoms with Gasteiger partial charge in [0.15, 0.2) is 5.78 Å². The molecule has 0 saturated heterocycles. The van der Waals surface area contributed by atoms with E-state index >= 15 is 0 Å². The number of benzene rings is 1. The second-order valence-corrected chi connectivity index (χ2v) is 6.38. The molecular formula is C14H18N2O4S. The lowest BCUT2D eigenvalue weighted by atomic mass is 10.1. The van der Waals surface area contributed by atoms with Crippen molar-refractivity contribution < 1.29 is 18.0 Å². The number of sulfonamides is 1. The van der Waals surface area contributed by atoms with Crippen molar-refractivity contribution in [1.29, 1.82) is 0 Å². The molecule has 6 nitrogen and oxygen atoms in total. The minimum absolute atomic E-state index is 0.179. The van der Waals surface area contributed by atoms with Crippen molar-refractivity contribution in [2.45, 2.75) is 6.92 Å². The van der Waals surface area contributed by atoms with Crippen molar-refractivity contribution >= 4 is 27.4 Å². The SMILES string of the molecule is C=CCNC(=O)CN(c1cccc(C(C)=O)c1)S(C)(=O)=O. The normalized spacial score (nSPS) is 10.8. The average Bonchev–Trinajstić information content (AvgIpc) is 2.41. The number of ketones is 1. The van der Waals surface area contributed by atoms with Crippen LogP contribution in [0.4, 0.5) is 5.69 Å². The monoisotopic (exact) mass is 310 g/mol. The molecule has 1 rings (SSSR count). The topological polar surface area (TPSA) is 83.6 Å². The Morgan fingerprint density at radius 2 is 2.05 bits per heavy atom. The molecule has 21 heavy (non-hydrogen) atoms. The fourth-order valence-corrected chi connectivity index (χ4v) is 2.50. The van der Waals surface area contributed by atoms with E-state index in [1.807, 2.05) is 0 Å². The van der Waals surface area contributed by atoms with Gasteiger partial charge in [-0.25, -0.2) is 8.42 Å². The minimum Gasteiger partial charge on any atom is -0.351 e. The highest BCUT2D eigenvalue weighted by Gasteiger charge is 2.21. The van der Waals surface area contributed by atoms with E-state index in [0.29, 0.717) is 5.56 Å². The van der Waals surface area contributed by atoms with Gasteiger partial charge >= 0.3 is 0 Å². The molecule has 0 unspecified atom stereocenters. The van der Waals surface area contributed by atoms with Crippen molar-refractivity contribution in [3.63, 3.8) is 0 Å². The van der Waals surface area contributed by atoms with E-state index in [4.69, 9.17) is 0 Å². The van der Waals surface area contributed by atoms with Crippen LogP contribution in [0.2, 0.25) is 0 Å². The lowest BCUT2D eigenvalue weighted by Crippen LogP contribution is -2.40. The number of nitrogens with one attached hydrogen (secondary N) is 1. The van der Waals surface area contributed by atoms with E-state index in [2.05, 4.69) is 11.9 Å². The van der Waals surface area contributed by atoms with Gasteiger partial charge in [0.1, 0.15) is 6.54 Å².